The summed E-state index contributed by atoms with van der Waals surface area (Å²) in [4.78, 5) is 22.9. The molecule has 1 aliphatic heterocycles. The number of aryl methyl sites for hydroxylation is 2. The average Bonchev–Trinajstić information content (AvgIpc) is 2.74. The summed E-state index contributed by atoms with van der Waals surface area (Å²) in [5.74, 6) is -0.504. The number of hydrogen-bond donors (Lipinski definition) is 0. The molecule has 2 aromatic rings. The summed E-state index contributed by atoms with van der Waals surface area (Å²) in [7, 11) is -3.89. The molecule has 1 aliphatic rings. The van der Waals surface area contributed by atoms with Crippen molar-refractivity contribution in [3.05, 3.63) is 63.2 Å². The van der Waals surface area contributed by atoms with Crippen LogP contribution in [0.3, 0.4) is 0 Å². The highest BCUT2D eigenvalue weighted by atomic mass is 32.2. The second-order valence-electron chi connectivity index (χ2n) is 6.91. The SMILES string of the molecule is Cc1ccc(C(=O)COc2ccc(S(=O)(=O)N3CCOCC3)cc2[N+](=O)[O-])cc1C. The van der Waals surface area contributed by atoms with Crippen molar-refractivity contribution in [2.45, 2.75) is 18.7 Å². The third-order valence-corrected chi connectivity index (χ3v) is 6.82. The van der Waals surface area contributed by atoms with Gasteiger partial charge in [-0.1, -0.05) is 12.1 Å². The van der Waals surface area contributed by atoms with Gasteiger partial charge in [0.05, 0.1) is 23.0 Å². The van der Waals surface area contributed by atoms with E-state index >= 15 is 0 Å². The standard InChI is InChI=1S/C20H22N2O7S/c1-14-3-4-16(11-15(14)2)19(23)13-29-20-6-5-17(12-18(20)22(24)25)30(26,27)21-7-9-28-10-8-21/h3-6,11-12H,7-10,13H2,1-2H3. The molecule has 1 fully saturated rings. The Labute approximate surface area is 174 Å². The van der Waals surface area contributed by atoms with E-state index in [9.17, 15) is 23.3 Å². The van der Waals surface area contributed by atoms with Crippen molar-refractivity contribution in [2.24, 2.45) is 0 Å². The molecule has 0 bridgehead atoms. The molecule has 3 rings (SSSR count). The van der Waals surface area contributed by atoms with Gasteiger partial charge in [-0.15, -0.1) is 0 Å². The number of nitro benzene ring substituents is 1. The molecule has 0 atom stereocenters. The lowest BCUT2D eigenvalue weighted by molar-refractivity contribution is -0.386. The third-order valence-electron chi connectivity index (χ3n) is 4.92. The zero-order valence-corrected chi connectivity index (χ0v) is 17.5. The van der Waals surface area contributed by atoms with Gasteiger partial charge in [-0.2, -0.15) is 4.31 Å². The number of Topliss-reactive ketones (excluding diaryl/α,β-unsaturated/α-hetero) is 1. The molecule has 0 amide bonds. The monoisotopic (exact) mass is 434 g/mol. The number of carbonyl (C=O) groups excluding carboxylic acids is 1. The first kappa shape index (κ1) is 21.9. The Morgan fingerprint density at radius 2 is 1.83 bits per heavy atom. The maximum atomic E-state index is 12.7. The number of nitro groups is 1. The molecular weight excluding hydrogens is 412 g/mol. The minimum Gasteiger partial charge on any atom is -0.478 e. The molecule has 160 valence electrons. The first-order chi connectivity index (χ1) is 14.2. The van der Waals surface area contributed by atoms with Gasteiger partial charge in [0.25, 0.3) is 0 Å². The van der Waals surface area contributed by atoms with Crippen molar-refractivity contribution in [1.29, 1.82) is 0 Å². The van der Waals surface area contributed by atoms with Crippen molar-refractivity contribution < 1.29 is 27.6 Å². The molecule has 10 heteroatoms. The summed E-state index contributed by atoms with van der Waals surface area (Å²) >= 11 is 0. The molecule has 0 saturated carbocycles. The fourth-order valence-corrected chi connectivity index (χ4v) is 4.43. The topological polar surface area (TPSA) is 116 Å². The fourth-order valence-electron chi connectivity index (χ4n) is 3.00. The maximum absolute atomic E-state index is 12.7. The summed E-state index contributed by atoms with van der Waals surface area (Å²) in [5.41, 5.74) is 1.91. The predicted molar refractivity (Wildman–Crippen MR) is 108 cm³/mol. The molecule has 0 spiro atoms. The molecule has 9 nitrogen and oxygen atoms in total. The number of morpholine rings is 1. The van der Waals surface area contributed by atoms with Gasteiger partial charge in [0.2, 0.25) is 10.0 Å². The quantitative estimate of drug-likeness (QED) is 0.373. The smallest absolute Gasteiger partial charge is 0.312 e. The van der Waals surface area contributed by atoms with Gasteiger partial charge in [0, 0.05) is 24.7 Å². The van der Waals surface area contributed by atoms with Crippen LogP contribution in [-0.4, -0.2) is 56.3 Å². The summed E-state index contributed by atoms with van der Waals surface area (Å²) in [6.07, 6.45) is 0. The lowest BCUT2D eigenvalue weighted by Crippen LogP contribution is -2.40. The Balaban J connectivity index is 1.81. The molecule has 30 heavy (non-hydrogen) atoms. The Morgan fingerprint density at radius 3 is 2.47 bits per heavy atom. The lowest BCUT2D eigenvalue weighted by atomic mass is 10.0. The minimum atomic E-state index is -3.89. The second-order valence-corrected chi connectivity index (χ2v) is 8.85. The number of hydrogen-bond acceptors (Lipinski definition) is 7. The zero-order chi connectivity index (χ0) is 21.9. The number of nitrogens with zero attached hydrogens (tertiary/aromatic N) is 2. The van der Waals surface area contributed by atoms with Crippen LogP contribution in [0, 0.1) is 24.0 Å². The maximum Gasteiger partial charge on any atom is 0.312 e. The summed E-state index contributed by atoms with van der Waals surface area (Å²) in [6.45, 7) is 4.30. The largest absolute Gasteiger partial charge is 0.478 e. The first-order valence-corrected chi connectivity index (χ1v) is 10.7. The van der Waals surface area contributed by atoms with Crippen LogP contribution in [0.5, 0.6) is 5.75 Å². The van der Waals surface area contributed by atoms with Crippen molar-refractivity contribution in [3.8, 4) is 5.75 Å². The highest BCUT2D eigenvalue weighted by Gasteiger charge is 2.29. The van der Waals surface area contributed by atoms with Crippen LogP contribution in [0.1, 0.15) is 21.5 Å². The Hall–Kier alpha value is -2.82. The van der Waals surface area contributed by atoms with E-state index in [4.69, 9.17) is 9.47 Å². The van der Waals surface area contributed by atoms with E-state index in [1.54, 1.807) is 12.1 Å². The highest BCUT2D eigenvalue weighted by molar-refractivity contribution is 7.89. The summed E-state index contributed by atoms with van der Waals surface area (Å²) < 4.78 is 37.2. The van der Waals surface area contributed by atoms with Crippen LogP contribution >= 0.6 is 0 Å². The van der Waals surface area contributed by atoms with Gasteiger partial charge >= 0.3 is 5.69 Å². The Kier molecular flexibility index (Phi) is 6.49. The van der Waals surface area contributed by atoms with Crippen molar-refractivity contribution in [3.63, 3.8) is 0 Å². The average molecular weight is 434 g/mol. The third kappa shape index (κ3) is 4.66. The molecule has 1 heterocycles. The van der Waals surface area contributed by atoms with Crippen LogP contribution in [0.2, 0.25) is 0 Å². The van der Waals surface area contributed by atoms with E-state index in [0.29, 0.717) is 5.56 Å². The molecule has 0 unspecified atom stereocenters. The zero-order valence-electron chi connectivity index (χ0n) is 16.7. The van der Waals surface area contributed by atoms with Crippen LogP contribution < -0.4 is 4.74 Å². The van der Waals surface area contributed by atoms with E-state index in [0.717, 1.165) is 17.2 Å². The van der Waals surface area contributed by atoms with Crippen LogP contribution in [-0.2, 0) is 14.8 Å². The molecule has 0 aromatic heterocycles. The normalized spacial score (nSPS) is 15.0. The number of ketones is 1. The molecule has 2 aromatic carbocycles. The number of ether oxygens (including phenoxy) is 2. The van der Waals surface area contributed by atoms with Gasteiger partial charge in [0.15, 0.2) is 18.1 Å². The second kappa shape index (κ2) is 8.90. The number of sulfonamides is 1. The summed E-state index contributed by atoms with van der Waals surface area (Å²) in [6, 6.07) is 8.62. The molecule has 0 aliphatic carbocycles. The highest BCUT2D eigenvalue weighted by Crippen LogP contribution is 2.31. The van der Waals surface area contributed by atoms with E-state index in [1.165, 1.54) is 16.4 Å². The number of carbonyl (C=O) groups is 1. The molecule has 0 N–H and O–H groups in total. The number of benzene rings is 2. The summed E-state index contributed by atoms with van der Waals surface area (Å²) in [5, 5.41) is 11.5. The van der Waals surface area contributed by atoms with E-state index < -0.39 is 27.2 Å². The van der Waals surface area contributed by atoms with E-state index in [1.807, 2.05) is 19.9 Å². The Morgan fingerprint density at radius 1 is 1.13 bits per heavy atom. The minimum absolute atomic E-state index is 0.168. The molecule has 1 saturated heterocycles. The van der Waals surface area contributed by atoms with Crippen molar-refractivity contribution >= 4 is 21.5 Å². The molecular formula is C20H22N2O7S. The van der Waals surface area contributed by atoms with Crippen molar-refractivity contribution in [1.82, 2.24) is 4.31 Å². The lowest BCUT2D eigenvalue weighted by Gasteiger charge is -2.26. The van der Waals surface area contributed by atoms with Gasteiger partial charge in [0.1, 0.15) is 0 Å². The van der Waals surface area contributed by atoms with Gasteiger partial charge < -0.3 is 9.47 Å². The Bertz CT molecular complexity index is 1080. The van der Waals surface area contributed by atoms with E-state index in [2.05, 4.69) is 0 Å². The van der Waals surface area contributed by atoms with Gasteiger partial charge in [-0.25, -0.2) is 8.42 Å². The molecule has 0 radical (unpaired) electrons. The van der Waals surface area contributed by atoms with Crippen LogP contribution in [0.25, 0.3) is 0 Å². The fraction of sp³-hybridized carbons (Fsp3) is 0.350. The number of rotatable bonds is 7. The van der Waals surface area contributed by atoms with Gasteiger partial charge in [-0.3, -0.25) is 14.9 Å². The van der Waals surface area contributed by atoms with E-state index in [-0.39, 0.29) is 42.7 Å². The van der Waals surface area contributed by atoms with Crippen molar-refractivity contribution in [2.75, 3.05) is 32.9 Å². The van der Waals surface area contributed by atoms with Gasteiger partial charge in [-0.05, 0) is 43.2 Å². The first-order valence-electron chi connectivity index (χ1n) is 9.30. The van der Waals surface area contributed by atoms with Crippen LogP contribution in [0.4, 0.5) is 5.69 Å². The van der Waals surface area contributed by atoms with Crippen LogP contribution in [0.15, 0.2) is 41.3 Å². The predicted octanol–water partition coefficient (Wildman–Crippen LogP) is 2.49.